The Balaban J connectivity index is 1.14. The van der Waals surface area contributed by atoms with Crippen LogP contribution in [0.3, 0.4) is 0 Å². The maximum atomic E-state index is 15.2. The summed E-state index contributed by atoms with van der Waals surface area (Å²) in [5, 5.41) is 12.3. The Morgan fingerprint density at radius 3 is 2.61 bits per heavy atom. The Labute approximate surface area is 216 Å². The number of benzene rings is 1. The summed E-state index contributed by atoms with van der Waals surface area (Å²) in [6, 6.07) is 8.99. The zero-order valence-electron chi connectivity index (χ0n) is 20.7. The molecule has 2 aliphatic carbocycles. The van der Waals surface area contributed by atoms with Gasteiger partial charge in [0.05, 0.1) is 29.9 Å². The summed E-state index contributed by atoms with van der Waals surface area (Å²) in [7, 11) is 0. The van der Waals surface area contributed by atoms with Crippen molar-refractivity contribution in [1.29, 1.82) is 0 Å². The minimum Gasteiger partial charge on any atom is -0.393 e. The van der Waals surface area contributed by atoms with Crippen LogP contribution in [0.25, 0.3) is 0 Å². The number of amides is 1. The molecule has 4 aliphatic rings. The smallest absolute Gasteiger partial charge is 0.268 e. The molecule has 36 heavy (non-hydrogen) atoms. The topological polar surface area (TPSA) is 56.2 Å². The monoisotopic (exact) mass is 513 g/mol. The molecule has 1 aromatic heterocycles. The number of morpholine rings is 1. The van der Waals surface area contributed by atoms with Crippen molar-refractivity contribution in [1.82, 2.24) is 4.90 Å². The van der Waals surface area contributed by atoms with Gasteiger partial charge in [-0.3, -0.25) is 4.79 Å². The van der Waals surface area contributed by atoms with Crippen molar-refractivity contribution in [3.05, 3.63) is 46.4 Å². The molecule has 1 aromatic carbocycles. The van der Waals surface area contributed by atoms with Crippen LogP contribution in [-0.2, 0) is 4.74 Å². The Morgan fingerprint density at radius 2 is 1.92 bits per heavy atom. The number of hydrogen-bond donors (Lipinski definition) is 1. The van der Waals surface area contributed by atoms with Crippen LogP contribution in [-0.4, -0.2) is 74.5 Å². The predicted octanol–water partition coefficient (Wildman–Crippen LogP) is 4.10. The number of fused-ring (bicyclic) bond motifs is 1. The molecule has 1 amide bonds. The number of piperidine rings is 1. The van der Waals surface area contributed by atoms with E-state index in [0.717, 1.165) is 38.9 Å². The van der Waals surface area contributed by atoms with E-state index >= 15 is 4.39 Å². The first-order chi connectivity index (χ1) is 17.6. The van der Waals surface area contributed by atoms with E-state index in [1.807, 2.05) is 34.5 Å². The Kier molecular flexibility index (Phi) is 7.03. The second-order valence-electron chi connectivity index (χ2n) is 11.0. The van der Waals surface area contributed by atoms with Crippen LogP contribution >= 0.6 is 11.3 Å². The average Bonchev–Trinajstić information content (AvgIpc) is 3.28. The lowest BCUT2D eigenvalue weighted by molar-refractivity contribution is 0.0480. The largest absolute Gasteiger partial charge is 0.393 e. The van der Waals surface area contributed by atoms with Gasteiger partial charge in [-0.05, 0) is 66.2 Å². The third kappa shape index (κ3) is 4.93. The number of halogens is 1. The number of carbonyl (C=O) groups is 1. The van der Waals surface area contributed by atoms with E-state index < -0.39 is 0 Å². The fourth-order valence-electron chi connectivity index (χ4n) is 6.66. The van der Waals surface area contributed by atoms with Gasteiger partial charge in [-0.25, -0.2) is 4.39 Å². The molecule has 8 heteroatoms. The van der Waals surface area contributed by atoms with Gasteiger partial charge in [0.1, 0.15) is 5.82 Å². The van der Waals surface area contributed by atoms with Crippen LogP contribution in [0, 0.1) is 29.5 Å². The van der Waals surface area contributed by atoms with Crippen molar-refractivity contribution >= 4 is 28.6 Å². The Morgan fingerprint density at radius 1 is 1.14 bits per heavy atom. The van der Waals surface area contributed by atoms with Gasteiger partial charge < -0.3 is 24.5 Å². The number of carbonyl (C=O) groups excluding carboxylic acids is 1. The van der Waals surface area contributed by atoms with E-state index in [4.69, 9.17) is 4.74 Å². The van der Waals surface area contributed by atoms with Crippen LogP contribution in [0.15, 0.2) is 35.7 Å². The molecular weight excluding hydrogens is 477 g/mol. The molecule has 6 rings (SSSR count). The number of likely N-dealkylation sites (tertiary alicyclic amines) is 1. The zero-order valence-corrected chi connectivity index (χ0v) is 21.5. The molecule has 2 aliphatic heterocycles. The van der Waals surface area contributed by atoms with Gasteiger partial charge in [-0.2, -0.15) is 0 Å². The lowest BCUT2D eigenvalue weighted by Crippen LogP contribution is -2.39. The second kappa shape index (κ2) is 10.4. The van der Waals surface area contributed by atoms with Crippen molar-refractivity contribution < 1.29 is 19.0 Å². The molecular formula is C28H36FN3O3S. The number of aliphatic hydroxyl groups is 1. The van der Waals surface area contributed by atoms with Crippen LogP contribution in [0.1, 0.15) is 35.4 Å². The average molecular weight is 514 g/mol. The van der Waals surface area contributed by atoms with Gasteiger partial charge in [0, 0.05) is 45.0 Å². The molecule has 6 nitrogen and oxygen atoms in total. The molecule has 0 bridgehead atoms. The van der Waals surface area contributed by atoms with Crippen molar-refractivity contribution in [3.8, 4) is 0 Å². The number of hydrogen-bond acceptors (Lipinski definition) is 6. The summed E-state index contributed by atoms with van der Waals surface area (Å²) in [6.45, 7) is 6.27. The first kappa shape index (κ1) is 24.3. The van der Waals surface area contributed by atoms with Crippen LogP contribution < -0.4 is 9.80 Å². The molecule has 4 atom stereocenters. The van der Waals surface area contributed by atoms with E-state index in [9.17, 15) is 9.90 Å². The van der Waals surface area contributed by atoms with Gasteiger partial charge in [0.15, 0.2) is 0 Å². The summed E-state index contributed by atoms with van der Waals surface area (Å²) in [5.74, 6) is 1.69. The van der Waals surface area contributed by atoms with E-state index in [0.29, 0.717) is 72.8 Å². The standard InChI is InChI=1S/C28H36FN3O3S/c29-24-14-20(7-8-25(24)31-9-11-35-12-10-31)32(28(34)27-6-3-13-36-27)18-23-21-16-30(17-22(21)23)15-19-4-1-2-5-26(19)33/h3,6-8,13-14,19,21-23,26,33H,1-2,4-5,9-12,15-18H2. The Hall–Kier alpha value is -2.00. The third-order valence-corrected chi connectivity index (χ3v) is 9.63. The van der Waals surface area contributed by atoms with Crippen LogP contribution in [0.4, 0.5) is 15.8 Å². The van der Waals surface area contributed by atoms with Crippen LogP contribution in [0.2, 0.25) is 0 Å². The van der Waals surface area contributed by atoms with Gasteiger partial charge in [-0.15, -0.1) is 11.3 Å². The minimum atomic E-state index is -0.286. The fraction of sp³-hybridized carbons (Fsp3) is 0.607. The summed E-state index contributed by atoms with van der Waals surface area (Å²) in [6.07, 6.45) is 4.29. The SMILES string of the molecule is O=C(c1cccs1)N(CC1C2CN(CC3CCCCC3O)CC21)c1ccc(N2CCOCC2)c(F)c1. The second-order valence-corrected chi connectivity index (χ2v) is 11.9. The van der Waals surface area contributed by atoms with Crippen molar-refractivity contribution in [2.45, 2.75) is 31.8 Å². The highest BCUT2D eigenvalue weighted by Crippen LogP contribution is 2.52. The molecule has 2 aromatic rings. The number of anilines is 2. The summed E-state index contributed by atoms with van der Waals surface area (Å²) < 4.78 is 20.7. The first-order valence-corrected chi connectivity index (χ1v) is 14.3. The first-order valence-electron chi connectivity index (χ1n) is 13.5. The third-order valence-electron chi connectivity index (χ3n) is 8.77. The van der Waals surface area contributed by atoms with Crippen molar-refractivity contribution in [2.75, 3.05) is 62.3 Å². The highest BCUT2D eigenvalue weighted by Gasteiger charge is 2.56. The molecule has 194 valence electrons. The van der Waals surface area contributed by atoms with Gasteiger partial charge in [-0.1, -0.05) is 18.9 Å². The maximum Gasteiger partial charge on any atom is 0.268 e. The predicted molar refractivity (Wildman–Crippen MR) is 140 cm³/mol. The lowest BCUT2D eigenvalue weighted by atomic mass is 9.86. The van der Waals surface area contributed by atoms with E-state index in [2.05, 4.69) is 4.90 Å². The quantitative estimate of drug-likeness (QED) is 0.604. The maximum absolute atomic E-state index is 15.2. The molecule has 4 unspecified atom stereocenters. The number of nitrogens with zero attached hydrogens (tertiary/aromatic N) is 3. The number of thiophene rings is 1. The molecule has 2 saturated carbocycles. The number of ether oxygens (including phenoxy) is 1. The highest BCUT2D eigenvalue weighted by molar-refractivity contribution is 7.12. The zero-order chi connectivity index (χ0) is 24.6. The molecule has 4 fully saturated rings. The minimum absolute atomic E-state index is 0.0457. The van der Waals surface area contributed by atoms with Gasteiger partial charge >= 0.3 is 0 Å². The van der Waals surface area contributed by atoms with Crippen molar-refractivity contribution in [2.24, 2.45) is 23.7 Å². The molecule has 0 radical (unpaired) electrons. The molecule has 1 N–H and O–H groups in total. The van der Waals surface area contributed by atoms with Crippen LogP contribution in [0.5, 0.6) is 0 Å². The normalized spacial score (nSPS) is 30.3. The number of rotatable bonds is 7. The van der Waals surface area contributed by atoms with Gasteiger partial charge in [0.25, 0.3) is 5.91 Å². The number of aliphatic hydroxyl groups excluding tert-OH is 1. The van der Waals surface area contributed by atoms with E-state index in [-0.39, 0.29) is 17.8 Å². The molecule has 3 heterocycles. The molecule has 2 saturated heterocycles. The molecule has 0 spiro atoms. The van der Waals surface area contributed by atoms with E-state index in [1.54, 1.807) is 4.90 Å². The highest BCUT2D eigenvalue weighted by atomic mass is 32.1. The van der Waals surface area contributed by atoms with Crippen molar-refractivity contribution in [3.63, 3.8) is 0 Å². The summed E-state index contributed by atoms with van der Waals surface area (Å²) >= 11 is 1.43. The summed E-state index contributed by atoms with van der Waals surface area (Å²) in [5.41, 5.74) is 1.21. The summed E-state index contributed by atoms with van der Waals surface area (Å²) in [4.78, 5) is 20.5. The van der Waals surface area contributed by atoms with Gasteiger partial charge in [0.2, 0.25) is 0 Å². The Bertz CT molecular complexity index is 1050. The van der Waals surface area contributed by atoms with E-state index in [1.165, 1.54) is 23.8 Å². The fourth-order valence-corrected chi connectivity index (χ4v) is 7.34. The lowest BCUT2D eigenvalue weighted by Gasteiger charge is -2.32.